The minimum atomic E-state index is -0.0807. The first-order valence-corrected chi connectivity index (χ1v) is 13.2. The molecule has 4 saturated carbocycles. The SMILES string of the molecule is C[C@H]1CC[C@]2(C)C3CC[C@@]4(C)C(CC[C@@H]4C(=O)c4ccc(N(C)C)cc4)[C@]3(N)CC[C@@H]2C1. The van der Waals surface area contributed by atoms with Crippen LogP contribution in [-0.4, -0.2) is 25.4 Å². The molecule has 0 radical (unpaired) electrons. The highest BCUT2D eigenvalue weighted by Crippen LogP contribution is 2.68. The molecular weight excluding hydrogens is 392 g/mol. The zero-order chi connectivity index (χ0) is 22.9. The van der Waals surface area contributed by atoms with Gasteiger partial charge in [0.05, 0.1) is 0 Å². The second kappa shape index (κ2) is 7.58. The Morgan fingerprint density at radius 2 is 1.56 bits per heavy atom. The topological polar surface area (TPSA) is 46.3 Å². The first-order valence-electron chi connectivity index (χ1n) is 13.2. The maximum absolute atomic E-state index is 13.7. The van der Waals surface area contributed by atoms with Crippen LogP contribution in [0.5, 0.6) is 0 Å². The van der Waals surface area contributed by atoms with Gasteiger partial charge in [0, 0.05) is 36.8 Å². The van der Waals surface area contributed by atoms with Crippen molar-refractivity contribution in [3.63, 3.8) is 0 Å². The van der Waals surface area contributed by atoms with Gasteiger partial charge in [0.1, 0.15) is 0 Å². The normalized spacial score (nSPS) is 45.5. The van der Waals surface area contributed by atoms with Crippen molar-refractivity contribution in [1.29, 1.82) is 0 Å². The van der Waals surface area contributed by atoms with E-state index in [-0.39, 0.29) is 16.9 Å². The zero-order valence-electron chi connectivity index (χ0n) is 21.0. The Kier molecular flexibility index (Phi) is 5.32. The van der Waals surface area contributed by atoms with E-state index in [1.807, 2.05) is 26.2 Å². The van der Waals surface area contributed by atoms with Crippen LogP contribution in [0.15, 0.2) is 24.3 Å². The van der Waals surface area contributed by atoms with Crippen molar-refractivity contribution in [2.24, 2.45) is 46.2 Å². The van der Waals surface area contributed by atoms with Crippen LogP contribution >= 0.6 is 0 Å². The fraction of sp³-hybridized carbons (Fsp3) is 0.759. The molecule has 0 amide bonds. The molecule has 0 saturated heterocycles. The summed E-state index contributed by atoms with van der Waals surface area (Å²) in [7, 11) is 4.08. The molecule has 176 valence electrons. The second-order valence-electron chi connectivity index (χ2n) is 12.8. The molecule has 1 aromatic rings. The largest absolute Gasteiger partial charge is 0.378 e. The van der Waals surface area contributed by atoms with Crippen LogP contribution in [0.1, 0.15) is 88.9 Å². The van der Waals surface area contributed by atoms with Gasteiger partial charge >= 0.3 is 0 Å². The van der Waals surface area contributed by atoms with Crippen molar-refractivity contribution < 1.29 is 4.79 Å². The van der Waals surface area contributed by atoms with Crippen molar-refractivity contribution in [1.82, 2.24) is 0 Å². The quantitative estimate of drug-likeness (QED) is 0.565. The molecule has 0 bridgehead atoms. The van der Waals surface area contributed by atoms with Crippen molar-refractivity contribution in [2.45, 2.75) is 84.1 Å². The number of Topliss-reactive ketones (excluding diaryl/α,β-unsaturated/α-hetero) is 1. The molecular formula is C29H44N2O. The molecule has 5 rings (SSSR count). The minimum Gasteiger partial charge on any atom is -0.378 e. The van der Waals surface area contributed by atoms with Crippen molar-refractivity contribution in [3.05, 3.63) is 29.8 Å². The van der Waals surface area contributed by atoms with E-state index in [4.69, 9.17) is 5.73 Å². The van der Waals surface area contributed by atoms with E-state index in [9.17, 15) is 4.79 Å². The third-order valence-corrected chi connectivity index (χ3v) is 11.1. The third kappa shape index (κ3) is 3.13. The van der Waals surface area contributed by atoms with Crippen LogP contribution in [0.25, 0.3) is 0 Å². The Labute approximate surface area is 195 Å². The number of hydrogen-bond donors (Lipinski definition) is 1. The molecule has 0 heterocycles. The molecule has 3 heteroatoms. The third-order valence-electron chi connectivity index (χ3n) is 11.1. The summed E-state index contributed by atoms with van der Waals surface area (Å²) in [4.78, 5) is 15.8. The first kappa shape index (κ1) is 22.4. The predicted octanol–water partition coefficient (Wildman–Crippen LogP) is 6.31. The van der Waals surface area contributed by atoms with Crippen molar-refractivity contribution in [3.8, 4) is 0 Å². The Hall–Kier alpha value is -1.35. The molecule has 0 spiro atoms. The summed E-state index contributed by atoms with van der Waals surface area (Å²) in [5.74, 6) is 3.32. The molecule has 2 unspecified atom stereocenters. The first-order chi connectivity index (χ1) is 15.1. The number of benzene rings is 1. The summed E-state index contributed by atoms with van der Waals surface area (Å²) in [6.07, 6.45) is 11.1. The number of nitrogens with zero attached hydrogens (tertiary/aromatic N) is 1. The van der Waals surface area contributed by atoms with Gasteiger partial charge < -0.3 is 10.6 Å². The number of hydrogen-bond acceptors (Lipinski definition) is 3. The smallest absolute Gasteiger partial charge is 0.166 e. The van der Waals surface area contributed by atoms with Gasteiger partial charge in [-0.3, -0.25) is 4.79 Å². The van der Waals surface area contributed by atoms with Crippen LogP contribution in [0.2, 0.25) is 0 Å². The maximum atomic E-state index is 13.7. The average Bonchev–Trinajstić information content (AvgIpc) is 3.12. The summed E-state index contributed by atoms with van der Waals surface area (Å²) >= 11 is 0. The van der Waals surface area contributed by atoms with Crippen molar-refractivity contribution in [2.75, 3.05) is 19.0 Å². The number of fused-ring (bicyclic) bond motifs is 5. The van der Waals surface area contributed by atoms with Crippen LogP contribution in [-0.2, 0) is 0 Å². The standard InChI is InChI=1S/C29H44N2O/c1-19-12-15-27(2)21(18-19)13-17-29(30)24-11-10-23(28(24,3)16-14-25(27)29)26(32)20-6-8-22(9-7-20)31(4)5/h6-9,19,21,23-25H,10-18,30H2,1-5H3/t19-,21+,23+,24?,25?,27-,28+,29+/m0/s1. The molecule has 4 aliphatic rings. The van der Waals surface area contributed by atoms with E-state index in [1.54, 1.807) is 0 Å². The molecule has 4 aliphatic carbocycles. The summed E-state index contributed by atoms with van der Waals surface area (Å²) in [5, 5.41) is 0. The van der Waals surface area contributed by atoms with Gasteiger partial charge in [-0.15, -0.1) is 0 Å². The van der Waals surface area contributed by atoms with E-state index < -0.39 is 0 Å². The Bertz CT molecular complexity index is 878. The summed E-state index contributed by atoms with van der Waals surface area (Å²) in [6, 6.07) is 8.23. The van der Waals surface area contributed by atoms with Gasteiger partial charge in [-0.2, -0.15) is 0 Å². The lowest BCUT2D eigenvalue weighted by Gasteiger charge is -2.65. The van der Waals surface area contributed by atoms with Gasteiger partial charge in [-0.05, 0) is 110 Å². The van der Waals surface area contributed by atoms with E-state index in [0.717, 1.165) is 35.9 Å². The Balaban J connectivity index is 1.41. The van der Waals surface area contributed by atoms with E-state index >= 15 is 0 Å². The number of ketones is 1. The molecule has 32 heavy (non-hydrogen) atoms. The second-order valence-corrected chi connectivity index (χ2v) is 12.8. The van der Waals surface area contributed by atoms with Crippen LogP contribution in [0.3, 0.4) is 0 Å². The fourth-order valence-corrected chi connectivity index (χ4v) is 9.25. The Morgan fingerprint density at radius 3 is 2.25 bits per heavy atom. The molecule has 3 nitrogen and oxygen atoms in total. The number of rotatable bonds is 3. The molecule has 0 aliphatic heterocycles. The van der Waals surface area contributed by atoms with Gasteiger partial charge in [0.2, 0.25) is 0 Å². The van der Waals surface area contributed by atoms with Gasteiger partial charge in [-0.1, -0.05) is 27.2 Å². The average molecular weight is 437 g/mol. The van der Waals surface area contributed by atoms with Gasteiger partial charge in [-0.25, -0.2) is 0 Å². The van der Waals surface area contributed by atoms with E-state index in [0.29, 0.717) is 23.0 Å². The van der Waals surface area contributed by atoms with E-state index in [2.05, 4.69) is 37.8 Å². The minimum absolute atomic E-state index is 0.0493. The lowest BCUT2D eigenvalue weighted by Crippen LogP contribution is -2.68. The number of anilines is 1. The van der Waals surface area contributed by atoms with Gasteiger partial charge in [0.25, 0.3) is 0 Å². The van der Waals surface area contributed by atoms with Crippen LogP contribution in [0.4, 0.5) is 5.69 Å². The highest BCUT2D eigenvalue weighted by molar-refractivity contribution is 5.99. The Morgan fingerprint density at radius 1 is 0.906 bits per heavy atom. The fourth-order valence-electron chi connectivity index (χ4n) is 9.25. The summed E-state index contributed by atoms with van der Waals surface area (Å²) in [6.45, 7) is 7.45. The zero-order valence-corrected chi connectivity index (χ0v) is 21.0. The molecule has 2 N–H and O–H groups in total. The van der Waals surface area contributed by atoms with Crippen LogP contribution < -0.4 is 10.6 Å². The molecule has 0 aromatic heterocycles. The van der Waals surface area contributed by atoms with Gasteiger partial charge in [0.15, 0.2) is 5.78 Å². The van der Waals surface area contributed by atoms with Crippen molar-refractivity contribution >= 4 is 11.5 Å². The monoisotopic (exact) mass is 436 g/mol. The number of nitrogens with two attached hydrogens (primary N) is 1. The molecule has 1 aromatic carbocycles. The number of carbonyl (C=O) groups is 1. The highest BCUT2D eigenvalue weighted by Gasteiger charge is 2.66. The van der Waals surface area contributed by atoms with Crippen LogP contribution in [0, 0.1) is 40.4 Å². The lowest BCUT2D eigenvalue weighted by molar-refractivity contribution is -0.128. The highest BCUT2D eigenvalue weighted by atomic mass is 16.1. The molecule has 4 fully saturated rings. The maximum Gasteiger partial charge on any atom is 0.166 e. The lowest BCUT2D eigenvalue weighted by atomic mass is 9.41. The predicted molar refractivity (Wildman–Crippen MR) is 133 cm³/mol. The summed E-state index contributed by atoms with van der Waals surface area (Å²) < 4.78 is 0. The van der Waals surface area contributed by atoms with E-state index in [1.165, 1.54) is 44.9 Å². The molecule has 8 atom stereocenters. The summed E-state index contributed by atoms with van der Waals surface area (Å²) in [5.41, 5.74) is 9.90. The number of carbonyl (C=O) groups excluding carboxylic acids is 1.